The number of nitrogens with zero attached hydrogens (tertiary/aromatic N) is 3. The molecular formula is C10H9N3O2. The van der Waals surface area contributed by atoms with Gasteiger partial charge in [0.05, 0.1) is 13.3 Å². The Kier molecular flexibility index (Phi) is 2.45. The highest BCUT2D eigenvalue weighted by Gasteiger charge is 2.09. The van der Waals surface area contributed by atoms with E-state index >= 15 is 0 Å². The minimum Gasteiger partial charge on any atom is -0.494 e. The van der Waals surface area contributed by atoms with Crippen LogP contribution in [-0.4, -0.2) is 28.4 Å². The number of carbonyl (C=O) groups is 1. The van der Waals surface area contributed by atoms with E-state index in [1.165, 1.54) is 10.9 Å². The van der Waals surface area contributed by atoms with Crippen molar-refractivity contribution in [1.29, 1.82) is 0 Å². The quantitative estimate of drug-likeness (QED) is 0.700. The Morgan fingerprint density at radius 2 is 2.20 bits per heavy atom. The molecule has 0 radical (unpaired) electrons. The Hall–Kier alpha value is -2.17. The van der Waals surface area contributed by atoms with Crippen molar-refractivity contribution in [1.82, 2.24) is 15.0 Å². The predicted molar refractivity (Wildman–Crippen MR) is 53.3 cm³/mol. The fourth-order valence-corrected chi connectivity index (χ4v) is 1.32. The Labute approximate surface area is 86.3 Å². The lowest BCUT2D eigenvalue weighted by Crippen LogP contribution is -2.03. The number of aldehydes is 1. The third-order valence-corrected chi connectivity index (χ3v) is 2.01. The molecule has 1 aromatic heterocycles. The van der Waals surface area contributed by atoms with Gasteiger partial charge in [0.25, 0.3) is 0 Å². The summed E-state index contributed by atoms with van der Waals surface area (Å²) in [4.78, 5) is 10.7. The first-order valence-electron chi connectivity index (χ1n) is 4.36. The van der Waals surface area contributed by atoms with Crippen molar-refractivity contribution in [3.8, 4) is 11.4 Å². The molecule has 2 rings (SSSR count). The van der Waals surface area contributed by atoms with Crippen molar-refractivity contribution >= 4 is 6.29 Å². The van der Waals surface area contributed by atoms with E-state index in [1.807, 2.05) is 12.1 Å². The summed E-state index contributed by atoms with van der Waals surface area (Å²) in [6, 6.07) is 7.29. The fraction of sp³-hybridized carbons (Fsp3) is 0.100. The van der Waals surface area contributed by atoms with Crippen molar-refractivity contribution in [3.05, 3.63) is 36.2 Å². The molecule has 0 fully saturated rings. The lowest BCUT2D eigenvalue weighted by molar-refractivity contribution is 0.111. The molecule has 1 heterocycles. The van der Waals surface area contributed by atoms with Gasteiger partial charge in [-0.1, -0.05) is 17.3 Å². The number of para-hydroxylation sites is 2. The van der Waals surface area contributed by atoms with E-state index in [4.69, 9.17) is 4.74 Å². The third kappa shape index (κ3) is 1.59. The van der Waals surface area contributed by atoms with E-state index in [0.717, 1.165) is 0 Å². The molecule has 0 aliphatic carbocycles. The summed E-state index contributed by atoms with van der Waals surface area (Å²) in [6.45, 7) is 0. The summed E-state index contributed by atoms with van der Waals surface area (Å²) in [5, 5.41) is 7.49. The molecule has 0 bridgehead atoms. The molecule has 5 nitrogen and oxygen atoms in total. The minimum absolute atomic E-state index is 0.388. The van der Waals surface area contributed by atoms with Gasteiger partial charge in [-0.05, 0) is 12.1 Å². The van der Waals surface area contributed by atoms with Crippen molar-refractivity contribution in [2.45, 2.75) is 0 Å². The highest BCUT2D eigenvalue weighted by Crippen LogP contribution is 2.21. The highest BCUT2D eigenvalue weighted by atomic mass is 16.5. The lowest BCUT2D eigenvalue weighted by Gasteiger charge is -2.07. The van der Waals surface area contributed by atoms with Gasteiger partial charge in [-0.25, -0.2) is 4.68 Å². The summed E-state index contributed by atoms with van der Waals surface area (Å²) < 4.78 is 6.60. The molecule has 0 N–H and O–H groups in total. The SMILES string of the molecule is COc1ccccc1-n1nncc1C=O. The molecule has 0 saturated heterocycles. The lowest BCUT2D eigenvalue weighted by atomic mass is 10.3. The molecule has 5 heteroatoms. The van der Waals surface area contributed by atoms with Gasteiger partial charge in [-0.2, -0.15) is 0 Å². The summed E-state index contributed by atoms with van der Waals surface area (Å²) >= 11 is 0. The van der Waals surface area contributed by atoms with E-state index in [1.54, 1.807) is 19.2 Å². The normalized spacial score (nSPS) is 9.93. The standard InChI is InChI=1S/C10H9N3O2/c1-15-10-5-3-2-4-9(10)13-8(7-14)6-11-12-13/h2-7H,1H3. The number of rotatable bonds is 3. The summed E-state index contributed by atoms with van der Waals surface area (Å²) in [5.74, 6) is 0.645. The maximum Gasteiger partial charge on any atom is 0.170 e. The minimum atomic E-state index is 0.388. The smallest absolute Gasteiger partial charge is 0.170 e. The summed E-state index contributed by atoms with van der Waals surface area (Å²) in [5.41, 5.74) is 1.08. The number of benzene rings is 1. The second-order valence-electron chi connectivity index (χ2n) is 2.86. The number of hydrogen-bond donors (Lipinski definition) is 0. The monoisotopic (exact) mass is 203 g/mol. The average molecular weight is 203 g/mol. The number of aromatic nitrogens is 3. The number of ether oxygens (including phenoxy) is 1. The first-order chi connectivity index (χ1) is 7.36. The van der Waals surface area contributed by atoms with Gasteiger partial charge >= 0.3 is 0 Å². The van der Waals surface area contributed by atoms with Crippen molar-refractivity contribution in [3.63, 3.8) is 0 Å². The number of carbonyl (C=O) groups excluding carboxylic acids is 1. The summed E-state index contributed by atoms with van der Waals surface area (Å²) in [7, 11) is 1.57. The van der Waals surface area contributed by atoms with Crippen LogP contribution < -0.4 is 4.74 Å². The molecule has 0 atom stereocenters. The molecule has 0 saturated carbocycles. The van der Waals surface area contributed by atoms with Crippen LogP contribution in [0.3, 0.4) is 0 Å². The molecule has 2 aromatic rings. The molecule has 0 spiro atoms. The van der Waals surface area contributed by atoms with Crippen LogP contribution in [0.5, 0.6) is 5.75 Å². The second-order valence-corrected chi connectivity index (χ2v) is 2.86. The van der Waals surface area contributed by atoms with Crippen molar-refractivity contribution in [2.75, 3.05) is 7.11 Å². The molecule has 76 valence electrons. The van der Waals surface area contributed by atoms with Crippen LogP contribution in [0.2, 0.25) is 0 Å². The zero-order valence-corrected chi connectivity index (χ0v) is 8.12. The zero-order valence-electron chi connectivity index (χ0n) is 8.12. The van der Waals surface area contributed by atoms with Gasteiger partial charge in [0, 0.05) is 0 Å². The predicted octanol–water partition coefficient (Wildman–Crippen LogP) is 1.09. The Balaban J connectivity index is 2.58. The molecule has 0 amide bonds. The molecule has 0 aliphatic rings. The van der Waals surface area contributed by atoms with Crippen LogP contribution in [0.4, 0.5) is 0 Å². The summed E-state index contributed by atoms with van der Waals surface area (Å²) in [6.07, 6.45) is 2.10. The van der Waals surface area contributed by atoms with Crippen molar-refractivity contribution < 1.29 is 9.53 Å². The molecule has 0 unspecified atom stereocenters. The van der Waals surface area contributed by atoms with Crippen LogP contribution in [0.1, 0.15) is 10.5 Å². The van der Waals surface area contributed by atoms with Gasteiger partial charge in [0.1, 0.15) is 17.1 Å². The molecule has 15 heavy (non-hydrogen) atoms. The van der Waals surface area contributed by atoms with E-state index in [-0.39, 0.29) is 0 Å². The van der Waals surface area contributed by atoms with E-state index in [9.17, 15) is 4.79 Å². The second kappa shape index (κ2) is 3.91. The van der Waals surface area contributed by atoms with Gasteiger partial charge in [-0.3, -0.25) is 4.79 Å². The van der Waals surface area contributed by atoms with Gasteiger partial charge in [-0.15, -0.1) is 5.10 Å². The van der Waals surface area contributed by atoms with Crippen LogP contribution >= 0.6 is 0 Å². The molecule has 0 aliphatic heterocycles. The topological polar surface area (TPSA) is 57.0 Å². The third-order valence-electron chi connectivity index (χ3n) is 2.01. The maximum absolute atomic E-state index is 10.7. The molecule has 1 aromatic carbocycles. The Morgan fingerprint density at radius 1 is 1.40 bits per heavy atom. The van der Waals surface area contributed by atoms with E-state index in [2.05, 4.69) is 10.3 Å². The maximum atomic E-state index is 10.7. The van der Waals surface area contributed by atoms with Crippen LogP contribution in [-0.2, 0) is 0 Å². The van der Waals surface area contributed by atoms with Crippen molar-refractivity contribution in [2.24, 2.45) is 0 Å². The first-order valence-corrected chi connectivity index (χ1v) is 4.36. The molecular weight excluding hydrogens is 194 g/mol. The van der Waals surface area contributed by atoms with Crippen LogP contribution in [0.25, 0.3) is 5.69 Å². The highest BCUT2D eigenvalue weighted by molar-refractivity contribution is 5.73. The fourth-order valence-electron chi connectivity index (χ4n) is 1.32. The Bertz CT molecular complexity index is 479. The average Bonchev–Trinajstić information content (AvgIpc) is 2.76. The van der Waals surface area contributed by atoms with Crippen LogP contribution in [0, 0.1) is 0 Å². The Morgan fingerprint density at radius 3 is 2.93 bits per heavy atom. The van der Waals surface area contributed by atoms with Gasteiger partial charge in [0.15, 0.2) is 6.29 Å². The van der Waals surface area contributed by atoms with Gasteiger partial charge in [0.2, 0.25) is 0 Å². The number of methoxy groups -OCH3 is 1. The van der Waals surface area contributed by atoms with E-state index < -0.39 is 0 Å². The zero-order chi connectivity index (χ0) is 10.7. The van der Waals surface area contributed by atoms with Gasteiger partial charge < -0.3 is 4.74 Å². The first kappa shape index (κ1) is 9.39. The number of hydrogen-bond acceptors (Lipinski definition) is 4. The largest absolute Gasteiger partial charge is 0.494 e. The van der Waals surface area contributed by atoms with E-state index in [0.29, 0.717) is 23.4 Å². The van der Waals surface area contributed by atoms with Crippen LogP contribution in [0.15, 0.2) is 30.5 Å².